The van der Waals surface area contributed by atoms with Crippen LogP contribution in [0.4, 0.5) is 0 Å². The first-order valence-corrected chi connectivity index (χ1v) is 8.53. The normalized spacial score (nSPS) is 12.8. The molecule has 0 saturated heterocycles. The van der Waals surface area contributed by atoms with Crippen LogP contribution in [0.3, 0.4) is 0 Å². The lowest BCUT2D eigenvalue weighted by atomic mass is 10.2. The molecule has 24 heavy (non-hydrogen) atoms. The van der Waals surface area contributed by atoms with Gasteiger partial charge >= 0.3 is 0 Å². The first-order valence-electron chi connectivity index (χ1n) is 7.65. The zero-order chi connectivity index (χ0) is 16.7. The predicted molar refractivity (Wildman–Crippen MR) is 110 cm³/mol. The first kappa shape index (κ1) is 20.9. The maximum absolute atomic E-state index is 5.52. The Balaban J connectivity index is 0.00000288. The molecule has 0 aliphatic heterocycles. The molecule has 134 valence electrons. The number of hydrogen-bond acceptors (Lipinski definition) is 5. The van der Waals surface area contributed by atoms with Crippen LogP contribution in [0.15, 0.2) is 33.2 Å². The molecule has 2 aromatic rings. The Morgan fingerprint density at radius 3 is 2.75 bits per heavy atom. The van der Waals surface area contributed by atoms with E-state index in [1.165, 1.54) is 0 Å². The monoisotopic (exact) mass is 463 g/mol. The van der Waals surface area contributed by atoms with Crippen molar-refractivity contribution >= 4 is 41.3 Å². The van der Waals surface area contributed by atoms with Gasteiger partial charge in [0.2, 0.25) is 0 Å². The second-order valence-corrected chi connectivity index (χ2v) is 6.54. The molecule has 2 rings (SSSR count). The van der Waals surface area contributed by atoms with E-state index in [4.69, 9.17) is 4.42 Å². The minimum Gasteiger partial charge on any atom is -0.468 e. The molecule has 0 aliphatic carbocycles. The number of nitrogens with one attached hydrogen (secondary N) is 2. The molecule has 6 nitrogen and oxygen atoms in total. The van der Waals surface area contributed by atoms with Crippen molar-refractivity contribution in [3.63, 3.8) is 0 Å². The number of aliphatic imine (C=N–C) groups is 1. The van der Waals surface area contributed by atoms with Crippen LogP contribution in [-0.2, 0) is 6.42 Å². The Bertz CT molecular complexity index is 612. The smallest absolute Gasteiger partial charge is 0.191 e. The topological polar surface area (TPSA) is 65.7 Å². The summed E-state index contributed by atoms with van der Waals surface area (Å²) < 4.78 is 5.52. The van der Waals surface area contributed by atoms with E-state index in [1.54, 1.807) is 24.6 Å². The zero-order valence-corrected chi connectivity index (χ0v) is 17.7. The molecule has 8 heteroatoms. The average molecular weight is 463 g/mol. The van der Waals surface area contributed by atoms with E-state index in [0.29, 0.717) is 0 Å². The molecule has 0 saturated carbocycles. The molecular formula is C16H26IN5OS. The quantitative estimate of drug-likeness (QED) is 0.376. The third-order valence-electron chi connectivity index (χ3n) is 3.52. The number of guanidine groups is 1. The molecule has 0 radical (unpaired) electrons. The number of aryl methyl sites for hydroxylation is 1. The average Bonchev–Trinajstić information content (AvgIpc) is 3.17. The van der Waals surface area contributed by atoms with Crippen LogP contribution in [0.25, 0.3) is 0 Å². The number of rotatable bonds is 7. The highest BCUT2D eigenvalue weighted by Crippen LogP contribution is 2.17. The van der Waals surface area contributed by atoms with Gasteiger partial charge in [0.15, 0.2) is 5.96 Å². The van der Waals surface area contributed by atoms with Crippen LogP contribution in [0.1, 0.15) is 22.5 Å². The van der Waals surface area contributed by atoms with Gasteiger partial charge in [-0.05, 0) is 33.2 Å². The van der Waals surface area contributed by atoms with Gasteiger partial charge in [-0.15, -0.1) is 35.3 Å². The number of aromatic nitrogens is 1. The van der Waals surface area contributed by atoms with Gasteiger partial charge in [-0.25, -0.2) is 4.98 Å². The lowest BCUT2D eigenvalue weighted by Gasteiger charge is -2.23. The van der Waals surface area contributed by atoms with Gasteiger partial charge in [-0.1, -0.05) is 0 Å². The van der Waals surface area contributed by atoms with Crippen LogP contribution < -0.4 is 10.6 Å². The number of thiazole rings is 1. The summed E-state index contributed by atoms with van der Waals surface area (Å²) in [6, 6.07) is 4.06. The summed E-state index contributed by atoms with van der Waals surface area (Å²) in [7, 11) is 5.85. The lowest BCUT2D eigenvalue weighted by molar-refractivity contribution is 0.258. The van der Waals surface area contributed by atoms with Crippen molar-refractivity contribution < 1.29 is 4.42 Å². The molecule has 0 spiro atoms. The molecule has 0 aliphatic rings. The van der Waals surface area contributed by atoms with Gasteiger partial charge < -0.3 is 15.1 Å². The Hall–Kier alpha value is -1.13. The van der Waals surface area contributed by atoms with Crippen molar-refractivity contribution in [1.82, 2.24) is 20.5 Å². The van der Waals surface area contributed by atoms with Crippen LogP contribution in [-0.4, -0.2) is 50.1 Å². The first-order chi connectivity index (χ1) is 11.1. The van der Waals surface area contributed by atoms with E-state index in [9.17, 15) is 0 Å². The Morgan fingerprint density at radius 2 is 2.21 bits per heavy atom. The van der Waals surface area contributed by atoms with E-state index in [-0.39, 0.29) is 30.0 Å². The summed E-state index contributed by atoms with van der Waals surface area (Å²) in [4.78, 5) is 10.9. The summed E-state index contributed by atoms with van der Waals surface area (Å²) in [6.07, 6.45) is 2.59. The summed E-state index contributed by atoms with van der Waals surface area (Å²) >= 11 is 1.68. The highest BCUT2D eigenvalue weighted by atomic mass is 127. The van der Waals surface area contributed by atoms with Gasteiger partial charge in [0.05, 0.1) is 23.0 Å². The summed E-state index contributed by atoms with van der Waals surface area (Å²) in [5.41, 5.74) is 1.12. The minimum absolute atomic E-state index is 0. The minimum atomic E-state index is 0. The fourth-order valence-electron chi connectivity index (χ4n) is 2.26. The predicted octanol–water partition coefficient (Wildman–Crippen LogP) is 2.67. The van der Waals surface area contributed by atoms with Gasteiger partial charge in [-0.3, -0.25) is 9.89 Å². The second-order valence-electron chi connectivity index (χ2n) is 5.48. The van der Waals surface area contributed by atoms with Gasteiger partial charge in [0.1, 0.15) is 5.76 Å². The second kappa shape index (κ2) is 10.7. The largest absolute Gasteiger partial charge is 0.468 e. The van der Waals surface area contributed by atoms with Crippen molar-refractivity contribution in [1.29, 1.82) is 0 Å². The summed E-state index contributed by atoms with van der Waals surface area (Å²) in [6.45, 7) is 3.55. The molecule has 0 bridgehead atoms. The Kier molecular flexibility index (Phi) is 9.30. The maximum Gasteiger partial charge on any atom is 0.191 e. The third kappa shape index (κ3) is 6.40. The molecule has 2 N–H and O–H groups in total. The van der Waals surface area contributed by atoms with E-state index >= 15 is 0 Å². The van der Waals surface area contributed by atoms with E-state index in [2.05, 4.69) is 30.9 Å². The van der Waals surface area contributed by atoms with Crippen molar-refractivity contribution in [3.8, 4) is 0 Å². The van der Waals surface area contributed by atoms with Crippen LogP contribution in [0, 0.1) is 6.92 Å². The highest BCUT2D eigenvalue weighted by molar-refractivity contribution is 14.0. The van der Waals surface area contributed by atoms with E-state index in [0.717, 1.165) is 41.9 Å². The van der Waals surface area contributed by atoms with Crippen LogP contribution in [0.2, 0.25) is 0 Å². The van der Waals surface area contributed by atoms with Crippen molar-refractivity contribution in [3.05, 3.63) is 40.2 Å². The fourth-order valence-corrected chi connectivity index (χ4v) is 2.91. The number of likely N-dealkylation sites (N-methyl/N-ethyl adjacent to an activating group) is 1. The molecular weight excluding hydrogens is 437 g/mol. The maximum atomic E-state index is 5.52. The molecule has 0 amide bonds. The van der Waals surface area contributed by atoms with Crippen molar-refractivity contribution in [2.24, 2.45) is 4.99 Å². The Morgan fingerprint density at radius 1 is 1.42 bits per heavy atom. The summed E-state index contributed by atoms with van der Waals surface area (Å²) in [5.74, 6) is 1.73. The number of halogens is 1. The molecule has 0 fully saturated rings. The summed E-state index contributed by atoms with van der Waals surface area (Å²) in [5, 5.41) is 9.88. The zero-order valence-electron chi connectivity index (χ0n) is 14.6. The van der Waals surface area contributed by atoms with E-state index in [1.807, 2.05) is 33.2 Å². The standard InChI is InChI=1S/C16H25N5OS.HI/c1-12-20-13(11-23-12)7-8-18-16(17-2)19-10-14(21(3)4)15-6-5-9-22-15;/h5-6,9,11,14H,7-8,10H2,1-4H3,(H2,17,18,19);1H. The number of nitrogens with zero attached hydrogens (tertiary/aromatic N) is 3. The van der Waals surface area contributed by atoms with Crippen LogP contribution >= 0.6 is 35.3 Å². The number of furan rings is 1. The SMILES string of the molecule is CN=C(NCCc1csc(C)n1)NCC(c1ccco1)N(C)C.I. The molecule has 2 heterocycles. The molecule has 1 unspecified atom stereocenters. The van der Waals surface area contributed by atoms with Crippen molar-refractivity contribution in [2.75, 3.05) is 34.2 Å². The fraction of sp³-hybridized carbons (Fsp3) is 0.500. The lowest BCUT2D eigenvalue weighted by Crippen LogP contribution is -2.42. The molecule has 2 aromatic heterocycles. The molecule has 1 atom stereocenters. The molecule has 0 aromatic carbocycles. The Labute approximate surface area is 164 Å². The van der Waals surface area contributed by atoms with Gasteiger partial charge in [0.25, 0.3) is 0 Å². The van der Waals surface area contributed by atoms with Crippen LogP contribution in [0.5, 0.6) is 0 Å². The van der Waals surface area contributed by atoms with Gasteiger partial charge in [0, 0.05) is 31.9 Å². The van der Waals surface area contributed by atoms with Gasteiger partial charge in [-0.2, -0.15) is 0 Å². The third-order valence-corrected chi connectivity index (χ3v) is 4.34. The highest BCUT2D eigenvalue weighted by Gasteiger charge is 2.17. The van der Waals surface area contributed by atoms with Crippen molar-refractivity contribution in [2.45, 2.75) is 19.4 Å². The van der Waals surface area contributed by atoms with E-state index < -0.39 is 0 Å². The number of hydrogen-bond donors (Lipinski definition) is 2.